The number of hydrogen-bond donors (Lipinski definition) is 3. The molecule has 1 aromatic heterocycles. The van der Waals surface area contributed by atoms with E-state index < -0.39 is 11.9 Å². The molecule has 1 heterocycles. The quantitative estimate of drug-likeness (QED) is 0.437. The molecule has 0 radical (unpaired) electrons. The van der Waals surface area contributed by atoms with E-state index in [1.807, 2.05) is 24.5 Å². The number of halogens is 1. The second kappa shape index (κ2) is 8.20. The number of aromatic nitrogens is 1. The number of nitrogens with one attached hydrogen (secondary N) is 1. The van der Waals surface area contributed by atoms with Gasteiger partial charge in [-0.1, -0.05) is 11.6 Å². The first-order valence-electron chi connectivity index (χ1n) is 8.62. The number of carboxylic acid groups (broad SMARTS) is 1. The maximum Gasteiger partial charge on any atom is 0.337 e. The van der Waals surface area contributed by atoms with Crippen LogP contribution in [0.5, 0.6) is 5.75 Å². The summed E-state index contributed by atoms with van der Waals surface area (Å²) in [6.07, 6.45) is 1.53. The van der Waals surface area contributed by atoms with Gasteiger partial charge in [0.25, 0.3) is 5.91 Å². The van der Waals surface area contributed by atoms with Crippen LogP contribution in [0.15, 0.2) is 53.6 Å². The first kappa shape index (κ1) is 20.2. The van der Waals surface area contributed by atoms with Gasteiger partial charge in [-0.15, -0.1) is 0 Å². The molecule has 7 nitrogen and oxygen atoms in total. The van der Waals surface area contributed by atoms with Crippen molar-refractivity contribution in [2.45, 2.75) is 13.8 Å². The molecule has 0 aliphatic heterocycles. The summed E-state index contributed by atoms with van der Waals surface area (Å²) in [6.45, 7) is 3.79. The highest BCUT2D eigenvalue weighted by Gasteiger charge is 2.13. The molecule has 0 aliphatic carbocycles. The maximum atomic E-state index is 12.1. The van der Waals surface area contributed by atoms with Crippen molar-refractivity contribution in [1.29, 1.82) is 0 Å². The Hall–Kier alpha value is -3.58. The van der Waals surface area contributed by atoms with Crippen LogP contribution in [0.1, 0.15) is 37.7 Å². The standard InChI is InChI=1S/C21H18ClN3O4/c1-12-9-15(11-23-24-20(27)14-3-6-17(26)7-4-14)13(2)25(12)16-5-8-18(21(28)29)19(22)10-16/h3-11,26H,1-2H3,(H,24,27)(H,28,29)/b23-11-. The fraction of sp³-hybridized carbons (Fsp3) is 0.0952. The number of phenolic OH excluding ortho intramolecular Hbond substituents is 1. The highest BCUT2D eigenvalue weighted by atomic mass is 35.5. The van der Waals surface area contributed by atoms with Crippen LogP contribution in [0.3, 0.4) is 0 Å². The first-order valence-corrected chi connectivity index (χ1v) is 9.00. The minimum absolute atomic E-state index is 0.0385. The van der Waals surface area contributed by atoms with Gasteiger partial charge in [-0.3, -0.25) is 4.79 Å². The Morgan fingerprint density at radius 1 is 1.10 bits per heavy atom. The number of hydrazone groups is 1. The van der Waals surface area contributed by atoms with Gasteiger partial charge in [0, 0.05) is 28.2 Å². The molecule has 0 bridgehead atoms. The average Bonchev–Trinajstić information content (AvgIpc) is 2.95. The van der Waals surface area contributed by atoms with Crippen molar-refractivity contribution in [2.75, 3.05) is 0 Å². The van der Waals surface area contributed by atoms with Gasteiger partial charge in [-0.25, -0.2) is 10.2 Å². The Bertz CT molecular complexity index is 1120. The molecule has 0 aliphatic rings. The van der Waals surface area contributed by atoms with E-state index in [1.54, 1.807) is 12.1 Å². The van der Waals surface area contributed by atoms with Crippen LogP contribution in [-0.4, -0.2) is 32.9 Å². The number of carboxylic acids is 1. The molecule has 0 unspecified atom stereocenters. The third-order valence-electron chi connectivity index (χ3n) is 4.41. The molecule has 29 heavy (non-hydrogen) atoms. The predicted octanol–water partition coefficient (Wildman–Crippen LogP) is 3.92. The zero-order valence-corrected chi connectivity index (χ0v) is 16.4. The lowest BCUT2D eigenvalue weighted by atomic mass is 10.2. The molecular weight excluding hydrogens is 394 g/mol. The third kappa shape index (κ3) is 4.30. The van der Waals surface area contributed by atoms with Crippen molar-refractivity contribution in [3.8, 4) is 11.4 Å². The minimum Gasteiger partial charge on any atom is -0.508 e. The van der Waals surface area contributed by atoms with E-state index in [0.717, 1.165) is 22.6 Å². The lowest BCUT2D eigenvalue weighted by Gasteiger charge is -2.11. The molecule has 3 rings (SSSR count). The van der Waals surface area contributed by atoms with Crippen molar-refractivity contribution < 1.29 is 19.8 Å². The number of carbonyl (C=O) groups excluding carboxylic acids is 1. The summed E-state index contributed by atoms with van der Waals surface area (Å²) in [7, 11) is 0. The van der Waals surface area contributed by atoms with Crippen LogP contribution >= 0.6 is 11.6 Å². The average molecular weight is 412 g/mol. The number of rotatable bonds is 5. The van der Waals surface area contributed by atoms with Gasteiger partial charge in [0.05, 0.1) is 16.8 Å². The number of hydrogen-bond acceptors (Lipinski definition) is 4. The predicted molar refractivity (Wildman–Crippen MR) is 110 cm³/mol. The zero-order valence-electron chi connectivity index (χ0n) is 15.7. The van der Waals surface area contributed by atoms with Gasteiger partial charge in [-0.05, 0) is 62.4 Å². The van der Waals surface area contributed by atoms with Crippen molar-refractivity contribution in [2.24, 2.45) is 5.10 Å². The Morgan fingerprint density at radius 2 is 1.79 bits per heavy atom. The second-order valence-corrected chi connectivity index (χ2v) is 6.78. The molecule has 0 spiro atoms. The van der Waals surface area contributed by atoms with Crippen LogP contribution in [-0.2, 0) is 0 Å². The van der Waals surface area contributed by atoms with Crippen molar-refractivity contribution in [1.82, 2.24) is 9.99 Å². The van der Waals surface area contributed by atoms with E-state index in [1.165, 1.54) is 36.5 Å². The lowest BCUT2D eigenvalue weighted by Crippen LogP contribution is -2.17. The minimum atomic E-state index is -1.08. The molecule has 8 heteroatoms. The van der Waals surface area contributed by atoms with E-state index in [-0.39, 0.29) is 16.3 Å². The molecule has 3 aromatic rings. The van der Waals surface area contributed by atoms with Crippen LogP contribution in [0.25, 0.3) is 5.69 Å². The normalized spacial score (nSPS) is 11.0. The van der Waals surface area contributed by atoms with Gasteiger partial charge in [0.15, 0.2) is 0 Å². The zero-order chi connectivity index (χ0) is 21.1. The Kier molecular flexibility index (Phi) is 5.70. The SMILES string of the molecule is Cc1cc(/C=N\NC(=O)c2ccc(O)cc2)c(C)n1-c1ccc(C(=O)O)c(Cl)c1. The summed E-state index contributed by atoms with van der Waals surface area (Å²) in [5, 5.41) is 22.5. The maximum absolute atomic E-state index is 12.1. The Balaban J connectivity index is 1.81. The van der Waals surface area contributed by atoms with Crippen LogP contribution in [0.2, 0.25) is 5.02 Å². The van der Waals surface area contributed by atoms with E-state index in [9.17, 15) is 14.7 Å². The highest BCUT2D eigenvalue weighted by molar-refractivity contribution is 6.33. The van der Waals surface area contributed by atoms with Gasteiger partial charge in [0.2, 0.25) is 0 Å². The number of phenols is 1. The van der Waals surface area contributed by atoms with Crippen molar-refractivity contribution in [3.63, 3.8) is 0 Å². The fourth-order valence-corrected chi connectivity index (χ4v) is 3.23. The third-order valence-corrected chi connectivity index (χ3v) is 4.72. The summed E-state index contributed by atoms with van der Waals surface area (Å²) in [5.41, 5.74) is 6.11. The number of amides is 1. The van der Waals surface area contributed by atoms with E-state index in [0.29, 0.717) is 5.56 Å². The molecule has 3 N–H and O–H groups in total. The van der Waals surface area contributed by atoms with Gasteiger partial charge >= 0.3 is 5.97 Å². The summed E-state index contributed by atoms with van der Waals surface area (Å²) in [5.74, 6) is -1.40. The largest absolute Gasteiger partial charge is 0.508 e. The number of carbonyl (C=O) groups is 2. The smallest absolute Gasteiger partial charge is 0.337 e. The summed E-state index contributed by atoms with van der Waals surface area (Å²) < 4.78 is 1.92. The van der Waals surface area contributed by atoms with Crippen LogP contribution in [0.4, 0.5) is 0 Å². The Morgan fingerprint density at radius 3 is 2.41 bits per heavy atom. The molecule has 0 atom stereocenters. The van der Waals surface area contributed by atoms with Crippen LogP contribution in [0, 0.1) is 13.8 Å². The van der Waals surface area contributed by atoms with Crippen molar-refractivity contribution in [3.05, 3.63) is 81.6 Å². The van der Waals surface area contributed by atoms with E-state index >= 15 is 0 Å². The molecule has 0 fully saturated rings. The highest BCUT2D eigenvalue weighted by Crippen LogP contribution is 2.25. The molecule has 2 aromatic carbocycles. The topological polar surface area (TPSA) is 104 Å². The summed E-state index contributed by atoms with van der Waals surface area (Å²) >= 11 is 6.09. The molecule has 1 amide bonds. The molecule has 0 saturated heterocycles. The Labute approximate surface area is 171 Å². The number of aromatic hydroxyl groups is 1. The number of aromatic carboxylic acids is 1. The second-order valence-electron chi connectivity index (χ2n) is 6.38. The molecular formula is C21H18ClN3O4. The number of nitrogens with zero attached hydrogens (tertiary/aromatic N) is 2. The monoisotopic (exact) mass is 411 g/mol. The summed E-state index contributed by atoms with van der Waals surface area (Å²) in [6, 6.07) is 12.5. The fourth-order valence-electron chi connectivity index (χ4n) is 2.97. The van der Waals surface area contributed by atoms with Crippen LogP contribution < -0.4 is 5.43 Å². The number of aryl methyl sites for hydroxylation is 1. The number of benzene rings is 2. The molecule has 0 saturated carbocycles. The van der Waals surface area contributed by atoms with Crippen molar-refractivity contribution >= 4 is 29.7 Å². The summed E-state index contributed by atoms with van der Waals surface area (Å²) in [4.78, 5) is 23.2. The van der Waals surface area contributed by atoms with Gasteiger partial charge in [0.1, 0.15) is 5.75 Å². The van der Waals surface area contributed by atoms with E-state index in [2.05, 4.69) is 10.5 Å². The molecule has 148 valence electrons. The van der Waals surface area contributed by atoms with E-state index in [4.69, 9.17) is 16.7 Å². The van der Waals surface area contributed by atoms with Gasteiger partial charge < -0.3 is 14.8 Å². The van der Waals surface area contributed by atoms with Gasteiger partial charge in [-0.2, -0.15) is 5.10 Å². The first-order chi connectivity index (χ1) is 13.8. The lowest BCUT2D eigenvalue weighted by molar-refractivity contribution is 0.0696.